The van der Waals surface area contributed by atoms with Gasteiger partial charge in [0.05, 0.1) is 0 Å². The summed E-state index contributed by atoms with van der Waals surface area (Å²) in [6.07, 6.45) is 17.4. The van der Waals surface area contributed by atoms with Gasteiger partial charge in [0.1, 0.15) is 12.1 Å². The summed E-state index contributed by atoms with van der Waals surface area (Å²) in [6, 6.07) is -2.16. The van der Waals surface area contributed by atoms with E-state index in [1.54, 1.807) is 0 Å². The first-order valence-electron chi connectivity index (χ1n) is 14.3. The Bertz CT molecular complexity index is 761. The maximum absolute atomic E-state index is 12.2. The van der Waals surface area contributed by atoms with E-state index >= 15 is 0 Å². The van der Waals surface area contributed by atoms with Crippen molar-refractivity contribution in [3.63, 3.8) is 0 Å². The molecule has 0 heterocycles. The molecule has 224 valence electrons. The molecule has 0 aromatic rings. The van der Waals surface area contributed by atoms with Crippen LogP contribution < -0.4 is 27.4 Å². The number of hydrogen-bond acceptors (Lipinski definition) is 8. The first-order valence-corrected chi connectivity index (χ1v) is 14.3. The number of aliphatic carboxylic acids is 1. The Labute approximate surface area is 232 Å². The summed E-state index contributed by atoms with van der Waals surface area (Å²) in [6.45, 7) is 1.78. The molecule has 0 rings (SSSR count). The van der Waals surface area contributed by atoms with E-state index in [0.29, 0.717) is 6.42 Å². The SMILES string of the molecule is CCCCCCCCCCCCCCCC(=O)N[C@@H](CCN/C=C(\N)C[C@H](NC(=O)CN=O)C(N)=O)C(=O)O. The topological polar surface area (TPSA) is 206 Å². The van der Waals surface area contributed by atoms with Crippen molar-refractivity contribution in [2.75, 3.05) is 13.1 Å². The minimum atomic E-state index is -1.13. The molecule has 0 aliphatic carbocycles. The maximum Gasteiger partial charge on any atom is 0.326 e. The standard InChI is InChI=1S/C27H50N6O6/c1-2-3-4-5-6-7-8-9-10-11-12-13-14-15-24(34)32-22(27(37)38)16-17-30-19-21(28)18-23(26(29)36)33-25(35)20-31-39/h19,22-23,30H,2-18,20,28H2,1H3,(H2,29,36)(H,32,34)(H,33,35)(H,37,38)/b21-19-/t22-,23-/m0/s1. The van der Waals surface area contributed by atoms with Gasteiger partial charge in [-0.05, 0) is 12.8 Å². The van der Waals surface area contributed by atoms with Gasteiger partial charge in [-0.2, -0.15) is 4.91 Å². The molecule has 0 aliphatic rings. The number of nitroso groups, excluding NO2 is 1. The van der Waals surface area contributed by atoms with E-state index in [0.717, 1.165) is 19.3 Å². The average molecular weight is 555 g/mol. The van der Waals surface area contributed by atoms with Gasteiger partial charge < -0.3 is 32.5 Å². The van der Waals surface area contributed by atoms with Gasteiger partial charge in [0.2, 0.25) is 17.7 Å². The molecule has 0 aromatic heterocycles. The number of hydrogen-bond donors (Lipinski definition) is 6. The zero-order valence-electron chi connectivity index (χ0n) is 23.6. The number of carboxylic acid groups (broad SMARTS) is 1. The lowest BCUT2D eigenvalue weighted by Crippen LogP contribution is -2.46. The van der Waals surface area contributed by atoms with Crippen LogP contribution in [0.4, 0.5) is 0 Å². The molecule has 39 heavy (non-hydrogen) atoms. The van der Waals surface area contributed by atoms with Crippen molar-refractivity contribution in [1.29, 1.82) is 0 Å². The average Bonchev–Trinajstić information content (AvgIpc) is 2.88. The number of unbranched alkanes of at least 4 members (excludes halogenated alkanes) is 12. The molecule has 8 N–H and O–H groups in total. The summed E-state index contributed by atoms with van der Waals surface area (Å²) < 4.78 is 0. The Morgan fingerprint density at radius 3 is 1.79 bits per heavy atom. The van der Waals surface area contributed by atoms with Crippen LogP contribution in [0.25, 0.3) is 0 Å². The van der Waals surface area contributed by atoms with E-state index in [-0.39, 0.29) is 31.0 Å². The van der Waals surface area contributed by atoms with Crippen molar-refractivity contribution in [3.8, 4) is 0 Å². The Kier molecular flexibility index (Phi) is 22.0. The van der Waals surface area contributed by atoms with E-state index in [4.69, 9.17) is 11.5 Å². The van der Waals surface area contributed by atoms with Gasteiger partial charge in [-0.1, -0.05) is 89.2 Å². The van der Waals surface area contributed by atoms with E-state index in [1.165, 1.54) is 70.4 Å². The van der Waals surface area contributed by atoms with Gasteiger partial charge >= 0.3 is 5.97 Å². The first kappa shape index (κ1) is 35.8. The van der Waals surface area contributed by atoms with Gasteiger partial charge in [0, 0.05) is 31.3 Å². The predicted octanol–water partition coefficient (Wildman–Crippen LogP) is 2.94. The molecule has 0 aromatic carbocycles. The number of amides is 3. The quantitative estimate of drug-likeness (QED) is 0.0690. The Hall–Kier alpha value is -3.18. The number of carbonyl (C=O) groups is 4. The highest BCUT2D eigenvalue weighted by atomic mass is 16.4. The van der Waals surface area contributed by atoms with Gasteiger partial charge in [-0.15, -0.1) is 0 Å². The highest BCUT2D eigenvalue weighted by Gasteiger charge is 2.20. The molecular formula is C27H50N6O6. The number of carboxylic acids is 1. The number of rotatable bonds is 26. The number of primary amides is 1. The molecule has 2 atom stereocenters. The van der Waals surface area contributed by atoms with Crippen molar-refractivity contribution in [3.05, 3.63) is 16.8 Å². The summed E-state index contributed by atoms with van der Waals surface area (Å²) in [5.74, 6) is -3.01. The molecule has 12 nitrogen and oxygen atoms in total. The summed E-state index contributed by atoms with van der Waals surface area (Å²) in [4.78, 5) is 56.8. The van der Waals surface area contributed by atoms with E-state index in [9.17, 15) is 29.2 Å². The second kappa shape index (κ2) is 23.9. The molecule has 12 heteroatoms. The summed E-state index contributed by atoms with van der Waals surface area (Å²) >= 11 is 0. The number of carbonyl (C=O) groups excluding carboxylic acids is 3. The second-order valence-corrected chi connectivity index (χ2v) is 9.93. The Morgan fingerprint density at radius 2 is 1.31 bits per heavy atom. The molecular weight excluding hydrogens is 504 g/mol. The minimum absolute atomic E-state index is 0.106. The van der Waals surface area contributed by atoms with Gasteiger partial charge in [0.15, 0.2) is 6.54 Å². The fourth-order valence-electron chi connectivity index (χ4n) is 4.07. The van der Waals surface area contributed by atoms with Crippen molar-refractivity contribution in [2.24, 2.45) is 16.6 Å². The summed E-state index contributed by atoms with van der Waals surface area (Å²) in [5, 5.41) is 19.5. The highest BCUT2D eigenvalue weighted by Crippen LogP contribution is 2.13. The molecule has 0 bridgehead atoms. The highest BCUT2D eigenvalue weighted by molar-refractivity contribution is 5.87. The third kappa shape index (κ3) is 21.4. The fraction of sp³-hybridized carbons (Fsp3) is 0.778. The summed E-state index contributed by atoms with van der Waals surface area (Å²) in [5.41, 5.74) is 11.2. The summed E-state index contributed by atoms with van der Waals surface area (Å²) in [7, 11) is 0. The number of nitrogens with two attached hydrogens (primary N) is 2. The van der Waals surface area contributed by atoms with Crippen LogP contribution in [0, 0.1) is 4.91 Å². The van der Waals surface area contributed by atoms with Crippen LogP contribution in [-0.2, 0) is 19.2 Å². The van der Waals surface area contributed by atoms with Crippen LogP contribution in [0.3, 0.4) is 0 Å². The zero-order chi connectivity index (χ0) is 29.3. The lowest BCUT2D eigenvalue weighted by Gasteiger charge is -2.16. The lowest BCUT2D eigenvalue weighted by molar-refractivity contribution is -0.142. The van der Waals surface area contributed by atoms with Crippen molar-refractivity contribution >= 4 is 23.7 Å². The predicted molar refractivity (Wildman–Crippen MR) is 151 cm³/mol. The fourth-order valence-corrected chi connectivity index (χ4v) is 4.07. The van der Waals surface area contributed by atoms with Gasteiger partial charge in [-0.25, -0.2) is 4.79 Å². The molecule has 0 saturated heterocycles. The first-order chi connectivity index (χ1) is 18.7. The molecule has 0 spiro atoms. The third-order valence-electron chi connectivity index (χ3n) is 6.33. The molecule has 3 amide bonds. The number of nitrogens with one attached hydrogen (secondary N) is 3. The Balaban J connectivity index is 4.08. The molecule has 0 aliphatic heterocycles. The largest absolute Gasteiger partial charge is 0.480 e. The molecule has 0 unspecified atom stereocenters. The smallest absolute Gasteiger partial charge is 0.326 e. The van der Waals surface area contributed by atoms with Crippen molar-refractivity contribution < 1.29 is 24.3 Å². The normalized spacial score (nSPS) is 12.8. The number of nitrogens with zero attached hydrogens (tertiary/aromatic N) is 1. The maximum atomic E-state index is 12.2. The zero-order valence-corrected chi connectivity index (χ0v) is 23.6. The van der Waals surface area contributed by atoms with Crippen LogP contribution >= 0.6 is 0 Å². The van der Waals surface area contributed by atoms with E-state index < -0.39 is 36.4 Å². The third-order valence-corrected chi connectivity index (χ3v) is 6.33. The minimum Gasteiger partial charge on any atom is -0.480 e. The van der Waals surface area contributed by atoms with Crippen molar-refractivity contribution in [1.82, 2.24) is 16.0 Å². The van der Waals surface area contributed by atoms with Crippen LogP contribution in [0.15, 0.2) is 17.1 Å². The molecule has 0 fully saturated rings. The van der Waals surface area contributed by atoms with Crippen LogP contribution in [0.5, 0.6) is 0 Å². The van der Waals surface area contributed by atoms with Crippen LogP contribution in [-0.4, -0.2) is 54.0 Å². The second-order valence-electron chi connectivity index (χ2n) is 9.93. The van der Waals surface area contributed by atoms with Crippen LogP contribution in [0.2, 0.25) is 0 Å². The van der Waals surface area contributed by atoms with Gasteiger partial charge in [-0.3, -0.25) is 14.4 Å². The lowest BCUT2D eigenvalue weighted by atomic mass is 10.0. The van der Waals surface area contributed by atoms with Gasteiger partial charge in [0.25, 0.3) is 0 Å². The Morgan fingerprint density at radius 1 is 0.795 bits per heavy atom. The molecule has 0 saturated carbocycles. The van der Waals surface area contributed by atoms with E-state index in [2.05, 4.69) is 28.1 Å². The van der Waals surface area contributed by atoms with E-state index in [1.807, 2.05) is 0 Å². The monoisotopic (exact) mass is 554 g/mol. The molecule has 0 radical (unpaired) electrons. The van der Waals surface area contributed by atoms with Crippen molar-refractivity contribution in [2.45, 2.75) is 122 Å². The van der Waals surface area contributed by atoms with Crippen LogP contribution in [0.1, 0.15) is 110 Å².